The Hall–Kier alpha value is -1.22. The van der Waals surface area contributed by atoms with Crippen molar-refractivity contribution in [3.8, 4) is 0 Å². The van der Waals surface area contributed by atoms with Crippen molar-refractivity contribution in [1.82, 2.24) is 10.6 Å². The maximum atomic E-state index is 10.9. The summed E-state index contributed by atoms with van der Waals surface area (Å²) in [5.41, 5.74) is 0. The van der Waals surface area contributed by atoms with Crippen LogP contribution in [0.25, 0.3) is 0 Å². The molecule has 1 aliphatic rings. The number of hydrogen-bond acceptors (Lipinski definition) is 6. The summed E-state index contributed by atoms with van der Waals surface area (Å²) in [6.07, 6.45) is -5.09. The van der Waals surface area contributed by atoms with E-state index in [-0.39, 0.29) is 12.5 Å². The predicted molar refractivity (Wildman–Crippen MR) is 59.2 cm³/mol. The Balaban J connectivity index is 2.64. The van der Waals surface area contributed by atoms with Gasteiger partial charge in [0.15, 0.2) is 6.29 Å². The lowest BCUT2D eigenvalue weighted by Gasteiger charge is -2.40. The van der Waals surface area contributed by atoms with E-state index in [9.17, 15) is 24.9 Å². The molecule has 2 amide bonds. The van der Waals surface area contributed by atoms with Gasteiger partial charge in [-0.05, 0) is 0 Å². The van der Waals surface area contributed by atoms with Gasteiger partial charge in [-0.25, -0.2) is 0 Å². The SMILES string of the molecule is CC(=O)NC[C@H]1O[C@H](O)[C@H](NC(C)=O)[C@@H](O)[C@@H]1O. The zero-order valence-electron chi connectivity index (χ0n) is 10.2. The van der Waals surface area contributed by atoms with Gasteiger partial charge in [0.25, 0.3) is 0 Å². The zero-order chi connectivity index (χ0) is 13.9. The zero-order valence-corrected chi connectivity index (χ0v) is 10.2. The number of nitrogens with one attached hydrogen (secondary N) is 2. The van der Waals surface area contributed by atoms with E-state index in [1.165, 1.54) is 13.8 Å². The second-order valence-corrected chi connectivity index (χ2v) is 4.21. The Labute approximate surface area is 104 Å². The quantitative estimate of drug-likeness (QED) is 0.370. The van der Waals surface area contributed by atoms with Crippen LogP contribution in [-0.2, 0) is 14.3 Å². The summed E-state index contributed by atoms with van der Waals surface area (Å²) in [6, 6.07) is -1.11. The molecule has 0 spiro atoms. The Kier molecular flexibility index (Phi) is 5.03. The van der Waals surface area contributed by atoms with Crippen LogP contribution >= 0.6 is 0 Å². The highest BCUT2D eigenvalue weighted by atomic mass is 16.6. The maximum Gasteiger partial charge on any atom is 0.217 e. The van der Waals surface area contributed by atoms with Gasteiger partial charge >= 0.3 is 0 Å². The van der Waals surface area contributed by atoms with E-state index in [2.05, 4.69) is 10.6 Å². The third-order valence-electron chi connectivity index (χ3n) is 2.64. The van der Waals surface area contributed by atoms with Crippen LogP contribution in [0.4, 0.5) is 0 Å². The van der Waals surface area contributed by atoms with E-state index in [1.54, 1.807) is 0 Å². The molecule has 0 aromatic heterocycles. The number of ether oxygens (including phenoxy) is 1. The van der Waals surface area contributed by atoms with E-state index in [0.717, 1.165) is 0 Å². The van der Waals surface area contributed by atoms with Crippen LogP contribution in [-0.4, -0.2) is 64.3 Å². The van der Waals surface area contributed by atoms with Crippen LogP contribution < -0.4 is 10.6 Å². The van der Waals surface area contributed by atoms with Gasteiger partial charge in [0, 0.05) is 20.4 Å². The normalized spacial score (nSPS) is 35.9. The highest BCUT2D eigenvalue weighted by Crippen LogP contribution is 2.19. The average molecular weight is 262 g/mol. The molecule has 104 valence electrons. The van der Waals surface area contributed by atoms with E-state index in [0.29, 0.717) is 0 Å². The lowest BCUT2D eigenvalue weighted by molar-refractivity contribution is -0.245. The van der Waals surface area contributed by atoms with Crippen LogP contribution in [0.3, 0.4) is 0 Å². The standard InChI is InChI=1S/C10H18N2O6/c1-4(13)11-3-6-8(15)9(16)7(10(17)18-6)12-5(2)14/h6-10,15-17H,3H2,1-2H3,(H,11,13)(H,12,14)/t6-,7-,8-,9-,10+/m1/s1. The van der Waals surface area contributed by atoms with E-state index in [1.807, 2.05) is 0 Å². The number of hydrogen-bond donors (Lipinski definition) is 5. The molecule has 0 radical (unpaired) electrons. The summed E-state index contributed by atoms with van der Waals surface area (Å²) in [5.74, 6) is -0.784. The summed E-state index contributed by atoms with van der Waals surface area (Å²) in [6.45, 7) is 2.47. The van der Waals surface area contributed by atoms with Crippen molar-refractivity contribution < 1.29 is 29.6 Å². The number of carbonyl (C=O) groups is 2. The lowest BCUT2D eigenvalue weighted by atomic mass is 9.96. The van der Waals surface area contributed by atoms with Gasteiger partial charge in [-0.2, -0.15) is 0 Å². The number of aliphatic hydroxyl groups excluding tert-OH is 3. The molecule has 1 rings (SSSR count). The first-order chi connectivity index (χ1) is 8.32. The highest BCUT2D eigenvalue weighted by Gasteiger charge is 2.44. The molecule has 1 fully saturated rings. The molecule has 0 aromatic rings. The van der Waals surface area contributed by atoms with E-state index in [4.69, 9.17) is 4.74 Å². The molecule has 5 atom stereocenters. The first-order valence-corrected chi connectivity index (χ1v) is 5.54. The van der Waals surface area contributed by atoms with Crippen LogP contribution in [0.1, 0.15) is 13.8 Å². The minimum atomic E-state index is -1.45. The van der Waals surface area contributed by atoms with E-state index >= 15 is 0 Å². The third-order valence-corrected chi connectivity index (χ3v) is 2.64. The van der Waals surface area contributed by atoms with Gasteiger partial charge in [-0.1, -0.05) is 0 Å². The van der Waals surface area contributed by atoms with Crippen LogP contribution in [0.15, 0.2) is 0 Å². The minimum absolute atomic E-state index is 0.0442. The molecular formula is C10H18N2O6. The highest BCUT2D eigenvalue weighted by molar-refractivity contribution is 5.73. The largest absolute Gasteiger partial charge is 0.388 e. The molecule has 8 nitrogen and oxygen atoms in total. The summed E-state index contributed by atoms with van der Waals surface area (Å²) < 4.78 is 5.05. The number of aliphatic hydroxyl groups is 3. The van der Waals surface area contributed by atoms with Crippen molar-refractivity contribution in [2.45, 2.75) is 44.5 Å². The first kappa shape index (κ1) is 14.8. The van der Waals surface area contributed by atoms with Gasteiger partial charge in [0.05, 0.1) is 0 Å². The van der Waals surface area contributed by atoms with Crippen molar-refractivity contribution in [3.05, 3.63) is 0 Å². The number of carbonyl (C=O) groups excluding carboxylic acids is 2. The first-order valence-electron chi connectivity index (χ1n) is 5.54. The summed E-state index contributed by atoms with van der Waals surface area (Å²) in [7, 11) is 0. The lowest BCUT2D eigenvalue weighted by Crippen LogP contribution is -2.64. The van der Waals surface area contributed by atoms with Gasteiger partial charge < -0.3 is 30.7 Å². The van der Waals surface area contributed by atoms with Crippen molar-refractivity contribution in [1.29, 1.82) is 0 Å². The maximum absolute atomic E-state index is 10.9. The molecule has 5 N–H and O–H groups in total. The van der Waals surface area contributed by atoms with Crippen molar-refractivity contribution in [2.75, 3.05) is 6.54 Å². The van der Waals surface area contributed by atoms with Gasteiger partial charge in [-0.3, -0.25) is 9.59 Å². The fraction of sp³-hybridized carbons (Fsp3) is 0.800. The summed E-state index contributed by atoms with van der Waals surface area (Å²) in [4.78, 5) is 21.6. The molecule has 1 saturated heterocycles. The molecule has 0 saturated carbocycles. The minimum Gasteiger partial charge on any atom is -0.388 e. The average Bonchev–Trinajstić information content (AvgIpc) is 2.27. The third kappa shape index (κ3) is 3.64. The van der Waals surface area contributed by atoms with Crippen LogP contribution in [0, 0.1) is 0 Å². The Morgan fingerprint density at radius 1 is 1.11 bits per heavy atom. The number of amides is 2. The molecule has 0 unspecified atom stereocenters. The van der Waals surface area contributed by atoms with Gasteiger partial charge in [0.1, 0.15) is 24.4 Å². The molecule has 8 heteroatoms. The molecule has 0 aliphatic carbocycles. The molecule has 0 bridgehead atoms. The molecule has 1 heterocycles. The van der Waals surface area contributed by atoms with Crippen LogP contribution in [0.5, 0.6) is 0 Å². The number of rotatable bonds is 3. The fourth-order valence-electron chi connectivity index (χ4n) is 1.75. The fourth-order valence-corrected chi connectivity index (χ4v) is 1.75. The summed E-state index contributed by atoms with van der Waals surface area (Å²) >= 11 is 0. The van der Waals surface area contributed by atoms with Crippen molar-refractivity contribution >= 4 is 11.8 Å². The van der Waals surface area contributed by atoms with Crippen LogP contribution in [0.2, 0.25) is 0 Å². The van der Waals surface area contributed by atoms with Gasteiger partial charge in [0.2, 0.25) is 11.8 Å². The predicted octanol–water partition coefficient (Wildman–Crippen LogP) is -2.93. The molecule has 18 heavy (non-hydrogen) atoms. The molecule has 0 aromatic carbocycles. The van der Waals surface area contributed by atoms with E-state index < -0.39 is 36.6 Å². The van der Waals surface area contributed by atoms with Crippen molar-refractivity contribution in [2.24, 2.45) is 0 Å². The van der Waals surface area contributed by atoms with Gasteiger partial charge in [-0.15, -0.1) is 0 Å². The smallest absolute Gasteiger partial charge is 0.217 e. The van der Waals surface area contributed by atoms with Crippen molar-refractivity contribution in [3.63, 3.8) is 0 Å². The Morgan fingerprint density at radius 3 is 2.22 bits per heavy atom. The molecule has 1 aliphatic heterocycles. The monoisotopic (exact) mass is 262 g/mol. The Morgan fingerprint density at radius 2 is 1.72 bits per heavy atom. The second kappa shape index (κ2) is 6.10. The Bertz CT molecular complexity index is 321. The summed E-state index contributed by atoms with van der Waals surface area (Å²) in [5, 5.41) is 33.9. The topological polar surface area (TPSA) is 128 Å². The second-order valence-electron chi connectivity index (χ2n) is 4.21. The molecular weight excluding hydrogens is 244 g/mol.